The Kier molecular flexibility index (Phi) is 4.82. The third-order valence-electron chi connectivity index (χ3n) is 2.04. The van der Waals surface area contributed by atoms with Crippen LogP contribution < -0.4 is 5.32 Å². The maximum atomic E-state index is 5.85. The maximum Gasteiger partial charge on any atom is 0.223 e. The summed E-state index contributed by atoms with van der Waals surface area (Å²) in [5.41, 5.74) is 1.99. The summed E-state index contributed by atoms with van der Waals surface area (Å²) in [4.78, 5) is 8.59. The second-order valence-corrected chi connectivity index (χ2v) is 4.57. The van der Waals surface area contributed by atoms with Gasteiger partial charge in [0, 0.05) is 23.3 Å². The molecular formula is C11H18ClN3. The van der Waals surface area contributed by atoms with Gasteiger partial charge in [-0.15, -0.1) is 11.6 Å². The van der Waals surface area contributed by atoms with Gasteiger partial charge in [-0.2, -0.15) is 0 Å². The summed E-state index contributed by atoms with van der Waals surface area (Å²) < 4.78 is 0. The fourth-order valence-electron chi connectivity index (χ4n) is 1.39. The fourth-order valence-corrected chi connectivity index (χ4v) is 1.54. The lowest BCUT2D eigenvalue weighted by Crippen LogP contribution is -2.08. The molecule has 1 rings (SSSR count). The van der Waals surface area contributed by atoms with Gasteiger partial charge < -0.3 is 5.32 Å². The van der Waals surface area contributed by atoms with E-state index in [9.17, 15) is 0 Å². The first-order valence-corrected chi connectivity index (χ1v) is 5.72. The standard InChI is InChI=1S/C11H18ClN3/c1-8(12)5-4-6-13-11-14-9(2)7-10(3)15-11/h7-8H,4-6H2,1-3H3,(H,13,14,15). The molecule has 1 heterocycles. The molecule has 0 aliphatic rings. The molecule has 4 heteroatoms. The molecule has 84 valence electrons. The van der Waals surface area contributed by atoms with E-state index in [1.165, 1.54) is 0 Å². The molecule has 0 amide bonds. The number of nitrogens with one attached hydrogen (secondary N) is 1. The van der Waals surface area contributed by atoms with Crippen LogP contribution in [0.3, 0.4) is 0 Å². The Morgan fingerprint density at radius 3 is 2.47 bits per heavy atom. The van der Waals surface area contributed by atoms with Crippen molar-refractivity contribution in [1.82, 2.24) is 9.97 Å². The van der Waals surface area contributed by atoms with E-state index >= 15 is 0 Å². The van der Waals surface area contributed by atoms with Gasteiger partial charge in [0.1, 0.15) is 0 Å². The zero-order valence-electron chi connectivity index (χ0n) is 9.55. The third-order valence-corrected chi connectivity index (χ3v) is 2.26. The van der Waals surface area contributed by atoms with Crippen molar-refractivity contribution in [3.05, 3.63) is 17.5 Å². The molecule has 1 unspecified atom stereocenters. The van der Waals surface area contributed by atoms with Gasteiger partial charge in [0.15, 0.2) is 0 Å². The van der Waals surface area contributed by atoms with Gasteiger partial charge in [0.05, 0.1) is 0 Å². The molecule has 15 heavy (non-hydrogen) atoms. The summed E-state index contributed by atoms with van der Waals surface area (Å²) in [6.07, 6.45) is 2.06. The lowest BCUT2D eigenvalue weighted by atomic mass is 10.2. The molecule has 0 aliphatic heterocycles. The van der Waals surface area contributed by atoms with E-state index in [2.05, 4.69) is 15.3 Å². The fraction of sp³-hybridized carbons (Fsp3) is 0.636. The maximum absolute atomic E-state index is 5.85. The Labute approximate surface area is 96.3 Å². The second-order valence-electron chi connectivity index (χ2n) is 3.82. The molecular weight excluding hydrogens is 210 g/mol. The van der Waals surface area contributed by atoms with Crippen molar-refractivity contribution in [2.45, 2.75) is 39.0 Å². The van der Waals surface area contributed by atoms with Crippen molar-refractivity contribution in [2.24, 2.45) is 0 Å². The van der Waals surface area contributed by atoms with Crippen molar-refractivity contribution in [2.75, 3.05) is 11.9 Å². The molecule has 1 aromatic heterocycles. The van der Waals surface area contributed by atoms with E-state index in [1.54, 1.807) is 0 Å². The van der Waals surface area contributed by atoms with E-state index < -0.39 is 0 Å². The van der Waals surface area contributed by atoms with E-state index in [1.807, 2.05) is 26.8 Å². The van der Waals surface area contributed by atoms with Crippen LogP contribution in [0.1, 0.15) is 31.2 Å². The first kappa shape index (κ1) is 12.2. The average molecular weight is 228 g/mol. The Hall–Kier alpha value is -0.830. The number of aromatic nitrogens is 2. The van der Waals surface area contributed by atoms with E-state index in [-0.39, 0.29) is 5.38 Å². The highest BCUT2D eigenvalue weighted by atomic mass is 35.5. The van der Waals surface area contributed by atoms with E-state index in [0.29, 0.717) is 0 Å². The molecule has 0 saturated heterocycles. The Bertz CT molecular complexity index is 292. The molecule has 0 spiro atoms. The van der Waals surface area contributed by atoms with Crippen LogP contribution in [0.4, 0.5) is 5.95 Å². The first-order valence-electron chi connectivity index (χ1n) is 5.28. The number of anilines is 1. The largest absolute Gasteiger partial charge is 0.354 e. The summed E-state index contributed by atoms with van der Waals surface area (Å²) in [6.45, 7) is 6.83. The molecule has 0 bridgehead atoms. The molecule has 0 fully saturated rings. The minimum absolute atomic E-state index is 0.243. The lowest BCUT2D eigenvalue weighted by molar-refractivity contribution is 0.746. The highest BCUT2D eigenvalue weighted by Crippen LogP contribution is 2.06. The number of hydrogen-bond acceptors (Lipinski definition) is 3. The first-order chi connectivity index (χ1) is 7.08. The second kappa shape index (κ2) is 5.91. The van der Waals surface area contributed by atoms with Gasteiger partial charge in [0.25, 0.3) is 0 Å². The third kappa shape index (κ3) is 4.98. The summed E-state index contributed by atoms with van der Waals surface area (Å²) in [6, 6.07) is 1.96. The molecule has 1 aromatic rings. The molecule has 0 aliphatic carbocycles. The number of aryl methyl sites for hydroxylation is 2. The van der Waals surface area contributed by atoms with Gasteiger partial charge in [-0.1, -0.05) is 0 Å². The van der Waals surface area contributed by atoms with Crippen molar-refractivity contribution in [3.8, 4) is 0 Å². The van der Waals surface area contributed by atoms with Gasteiger partial charge in [-0.3, -0.25) is 0 Å². The van der Waals surface area contributed by atoms with Crippen LogP contribution in [0.2, 0.25) is 0 Å². The molecule has 1 N–H and O–H groups in total. The predicted octanol–water partition coefficient (Wildman–Crippen LogP) is 2.91. The molecule has 0 aromatic carbocycles. The van der Waals surface area contributed by atoms with E-state index in [0.717, 1.165) is 36.7 Å². The smallest absolute Gasteiger partial charge is 0.223 e. The lowest BCUT2D eigenvalue weighted by Gasteiger charge is -2.06. The Morgan fingerprint density at radius 1 is 1.33 bits per heavy atom. The van der Waals surface area contributed by atoms with E-state index in [4.69, 9.17) is 11.6 Å². The van der Waals surface area contributed by atoms with Crippen LogP contribution >= 0.6 is 11.6 Å². The van der Waals surface area contributed by atoms with Crippen LogP contribution in [0, 0.1) is 13.8 Å². The van der Waals surface area contributed by atoms with Crippen LogP contribution in [0.25, 0.3) is 0 Å². The van der Waals surface area contributed by atoms with Gasteiger partial charge in [0.2, 0.25) is 5.95 Å². The highest BCUT2D eigenvalue weighted by Gasteiger charge is 1.99. The molecule has 3 nitrogen and oxygen atoms in total. The summed E-state index contributed by atoms with van der Waals surface area (Å²) in [5, 5.41) is 3.44. The number of nitrogens with zero attached hydrogens (tertiary/aromatic N) is 2. The number of hydrogen-bond donors (Lipinski definition) is 1. The van der Waals surface area contributed by atoms with Crippen LogP contribution in [-0.2, 0) is 0 Å². The zero-order chi connectivity index (χ0) is 11.3. The summed E-state index contributed by atoms with van der Waals surface area (Å²) in [7, 11) is 0. The van der Waals surface area contributed by atoms with Crippen LogP contribution in [0.15, 0.2) is 6.07 Å². The minimum atomic E-state index is 0.243. The summed E-state index contributed by atoms with van der Waals surface area (Å²) in [5.74, 6) is 0.717. The van der Waals surface area contributed by atoms with Crippen molar-refractivity contribution < 1.29 is 0 Å². The quantitative estimate of drug-likeness (QED) is 0.621. The normalized spacial score (nSPS) is 12.5. The van der Waals surface area contributed by atoms with Crippen LogP contribution in [-0.4, -0.2) is 21.9 Å². The zero-order valence-corrected chi connectivity index (χ0v) is 10.3. The SMILES string of the molecule is Cc1cc(C)nc(NCCCC(C)Cl)n1. The van der Waals surface area contributed by atoms with Crippen molar-refractivity contribution in [1.29, 1.82) is 0 Å². The van der Waals surface area contributed by atoms with Gasteiger partial charge in [-0.25, -0.2) is 9.97 Å². The highest BCUT2D eigenvalue weighted by molar-refractivity contribution is 6.20. The Balaban J connectivity index is 2.37. The molecule has 1 atom stereocenters. The average Bonchev–Trinajstić information content (AvgIpc) is 2.10. The monoisotopic (exact) mass is 227 g/mol. The van der Waals surface area contributed by atoms with Gasteiger partial charge >= 0.3 is 0 Å². The topological polar surface area (TPSA) is 37.8 Å². The molecule has 0 saturated carbocycles. The van der Waals surface area contributed by atoms with Crippen LogP contribution in [0.5, 0.6) is 0 Å². The minimum Gasteiger partial charge on any atom is -0.354 e. The molecule has 0 radical (unpaired) electrons. The Morgan fingerprint density at radius 2 is 1.93 bits per heavy atom. The summed E-state index contributed by atoms with van der Waals surface area (Å²) >= 11 is 5.85. The number of halogens is 1. The van der Waals surface area contributed by atoms with Gasteiger partial charge in [-0.05, 0) is 39.7 Å². The van der Waals surface area contributed by atoms with Crippen molar-refractivity contribution >= 4 is 17.5 Å². The predicted molar refractivity (Wildman–Crippen MR) is 64.5 cm³/mol. The van der Waals surface area contributed by atoms with Crippen molar-refractivity contribution in [3.63, 3.8) is 0 Å². The number of alkyl halides is 1. The number of rotatable bonds is 5.